The number of aromatic nitrogens is 3. The average Bonchev–Trinajstić information content (AvgIpc) is 2.92. The first-order valence-corrected chi connectivity index (χ1v) is 9.29. The van der Waals surface area contributed by atoms with Crippen LogP contribution in [0.1, 0.15) is 45.6 Å². The van der Waals surface area contributed by atoms with Crippen LogP contribution in [0.25, 0.3) is 11.4 Å². The molecule has 1 amide bonds. The first-order valence-electron chi connectivity index (χ1n) is 8.88. The summed E-state index contributed by atoms with van der Waals surface area (Å²) in [6, 6.07) is 8.32. The zero-order valence-corrected chi connectivity index (χ0v) is 16.3. The maximum Gasteiger partial charge on any atom is 0.222 e. The van der Waals surface area contributed by atoms with Crippen LogP contribution in [0.5, 0.6) is 0 Å². The van der Waals surface area contributed by atoms with Gasteiger partial charge in [-0.2, -0.15) is 5.10 Å². The topological polar surface area (TPSA) is 62.7 Å². The summed E-state index contributed by atoms with van der Waals surface area (Å²) in [4.78, 5) is 12.2. The Hall–Kier alpha value is -1.95. The van der Waals surface area contributed by atoms with Crippen LogP contribution in [0.4, 0.5) is 0 Å². The lowest BCUT2D eigenvalue weighted by Gasteiger charge is -2.15. The van der Waals surface area contributed by atoms with Crippen LogP contribution < -0.4 is 5.32 Å². The molecule has 1 unspecified atom stereocenters. The summed E-state index contributed by atoms with van der Waals surface area (Å²) >= 11 is 5.32. The summed E-state index contributed by atoms with van der Waals surface area (Å²) < 4.78 is 2.43. The molecule has 0 saturated carbocycles. The molecule has 1 aromatic heterocycles. The molecule has 0 aliphatic heterocycles. The van der Waals surface area contributed by atoms with Gasteiger partial charge in [0.15, 0.2) is 10.6 Å². The van der Waals surface area contributed by atoms with Crippen molar-refractivity contribution < 1.29 is 4.79 Å². The number of carbonyl (C=O) groups is 1. The number of aryl methyl sites for hydroxylation is 1. The van der Waals surface area contributed by atoms with Crippen LogP contribution in [0, 0.1) is 17.6 Å². The lowest BCUT2D eigenvalue weighted by molar-refractivity contribution is -0.121. The summed E-state index contributed by atoms with van der Waals surface area (Å²) in [5.74, 6) is 1.47. The highest BCUT2D eigenvalue weighted by atomic mass is 32.1. The van der Waals surface area contributed by atoms with Gasteiger partial charge >= 0.3 is 0 Å². The monoisotopic (exact) mass is 360 g/mol. The number of hydrogen-bond acceptors (Lipinski definition) is 3. The third-order valence-electron chi connectivity index (χ3n) is 4.21. The number of aromatic amines is 1. The molecular formula is C19H28N4OS. The summed E-state index contributed by atoms with van der Waals surface area (Å²) in [7, 11) is 0. The summed E-state index contributed by atoms with van der Waals surface area (Å²) in [5, 5.41) is 10.2. The van der Waals surface area contributed by atoms with E-state index in [1.807, 2.05) is 35.8 Å². The molecule has 2 rings (SSSR count). The quantitative estimate of drug-likeness (QED) is 0.692. The fourth-order valence-corrected chi connectivity index (χ4v) is 2.89. The first-order chi connectivity index (χ1) is 11.9. The second-order valence-electron chi connectivity index (χ2n) is 7.06. The van der Waals surface area contributed by atoms with E-state index in [0.29, 0.717) is 23.7 Å². The van der Waals surface area contributed by atoms with Crippen LogP contribution >= 0.6 is 12.2 Å². The molecule has 0 aliphatic carbocycles. The molecule has 25 heavy (non-hydrogen) atoms. The van der Waals surface area contributed by atoms with Gasteiger partial charge in [-0.05, 0) is 44.8 Å². The Morgan fingerprint density at radius 1 is 1.24 bits per heavy atom. The van der Waals surface area contributed by atoms with Crippen molar-refractivity contribution in [2.24, 2.45) is 5.92 Å². The zero-order valence-electron chi connectivity index (χ0n) is 15.5. The third kappa shape index (κ3) is 5.81. The molecule has 2 aromatic rings. The smallest absolute Gasteiger partial charge is 0.222 e. The van der Waals surface area contributed by atoms with Gasteiger partial charge in [-0.1, -0.05) is 43.7 Å². The van der Waals surface area contributed by atoms with Crippen molar-refractivity contribution in [2.75, 3.05) is 0 Å². The Bertz CT molecular complexity index is 746. The minimum Gasteiger partial charge on any atom is -0.354 e. The van der Waals surface area contributed by atoms with Gasteiger partial charge in [0.2, 0.25) is 5.91 Å². The molecule has 2 N–H and O–H groups in total. The number of nitrogens with one attached hydrogen (secondary N) is 2. The van der Waals surface area contributed by atoms with Crippen molar-refractivity contribution >= 4 is 18.1 Å². The molecule has 1 aromatic carbocycles. The van der Waals surface area contributed by atoms with Crippen molar-refractivity contribution in [3.63, 3.8) is 0 Å². The molecule has 0 radical (unpaired) electrons. The lowest BCUT2D eigenvalue weighted by atomic mass is 10.0. The number of hydrogen-bond donors (Lipinski definition) is 2. The number of H-pyrrole nitrogens is 1. The maximum atomic E-state index is 12.2. The third-order valence-corrected chi connectivity index (χ3v) is 4.53. The number of benzene rings is 1. The van der Waals surface area contributed by atoms with E-state index >= 15 is 0 Å². The predicted octanol–water partition coefficient (Wildman–Crippen LogP) is 4.25. The highest BCUT2D eigenvalue weighted by molar-refractivity contribution is 7.71. The van der Waals surface area contributed by atoms with E-state index in [1.165, 1.54) is 5.56 Å². The van der Waals surface area contributed by atoms with Gasteiger partial charge in [0.05, 0.1) is 0 Å². The average molecular weight is 361 g/mol. The number of amides is 1. The van der Waals surface area contributed by atoms with E-state index in [2.05, 4.69) is 36.3 Å². The Morgan fingerprint density at radius 2 is 1.92 bits per heavy atom. The van der Waals surface area contributed by atoms with Crippen molar-refractivity contribution in [1.29, 1.82) is 0 Å². The van der Waals surface area contributed by atoms with Crippen molar-refractivity contribution in [3.8, 4) is 11.4 Å². The summed E-state index contributed by atoms with van der Waals surface area (Å²) in [5.41, 5.74) is 2.18. The van der Waals surface area contributed by atoms with E-state index < -0.39 is 0 Å². The van der Waals surface area contributed by atoms with Crippen molar-refractivity contribution in [1.82, 2.24) is 20.1 Å². The molecule has 0 bridgehead atoms. The van der Waals surface area contributed by atoms with Gasteiger partial charge in [0.1, 0.15) is 0 Å². The largest absolute Gasteiger partial charge is 0.354 e. The van der Waals surface area contributed by atoms with E-state index in [4.69, 9.17) is 12.2 Å². The standard InChI is InChI=1S/C19H28N4OS/c1-13(2)5-8-15(4)20-17(24)11-12-23-18(21-22-19(23)25)16-9-6-14(3)7-10-16/h6-7,9-10,13,15H,5,8,11-12H2,1-4H3,(H,20,24)(H,22,25). The van der Waals surface area contributed by atoms with E-state index in [1.54, 1.807) is 0 Å². The fourth-order valence-electron chi connectivity index (χ4n) is 2.66. The molecule has 0 saturated heterocycles. The van der Waals surface area contributed by atoms with Crippen LogP contribution in [-0.4, -0.2) is 26.7 Å². The Kier molecular flexibility index (Phi) is 6.93. The van der Waals surface area contributed by atoms with E-state index in [0.717, 1.165) is 24.2 Å². The SMILES string of the molecule is Cc1ccc(-c2n[nH]c(=S)n2CCC(=O)NC(C)CCC(C)C)cc1. The number of nitrogens with zero attached hydrogens (tertiary/aromatic N) is 2. The van der Waals surface area contributed by atoms with E-state index in [-0.39, 0.29) is 11.9 Å². The molecule has 136 valence electrons. The molecule has 6 heteroatoms. The predicted molar refractivity (Wildman–Crippen MR) is 104 cm³/mol. The van der Waals surface area contributed by atoms with Crippen molar-refractivity contribution in [2.45, 2.75) is 59.5 Å². The molecule has 0 aliphatic rings. The highest BCUT2D eigenvalue weighted by Gasteiger charge is 2.12. The lowest BCUT2D eigenvalue weighted by Crippen LogP contribution is -2.33. The minimum absolute atomic E-state index is 0.0502. The molecule has 0 fully saturated rings. The fraction of sp³-hybridized carbons (Fsp3) is 0.526. The zero-order chi connectivity index (χ0) is 18.4. The van der Waals surface area contributed by atoms with Gasteiger partial charge < -0.3 is 5.32 Å². The first kappa shape index (κ1) is 19.4. The van der Waals surface area contributed by atoms with Crippen LogP contribution in [-0.2, 0) is 11.3 Å². The van der Waals surface area contributed by atoms with Gasteiger partial charge in [-0.3, -0.25) is 14.5 Å². The normalized spacial score (nSPS) is 12.4. The van der Waals surface area contributed by atoms with Crippen molar-refractivity contribution in [3.05, 3.63) is 34.6 Å². The second-order valence-corrected chi connectivity index (χ2v) is 7.45. The maximum absolute atomic E-state index is 12.2. The summed E-state index contributed by atoms with van der Waals surface area (Å²) in [6.45, 7) is 9.01. The highest BCUT2D eigenvalue weighted by Crippen LogP contribution is 2.18. The Morgan fingerprint density at radius 3 is 2.56 bits per heavy atom. The number of carbonyl (C=O) groups excluding carboxylic acids is 1. The van der Waals surface area contributed by atoms with Gasteiger partial charge in [-0.15, -0.1) is 0 Å². The van der Waals surface area contributed by atoms with Crippen LogP contribution in [0.3, 0.4) is 0 Å². The minimum atomic E-state index is 0.0502. The van der Waals surface area contributed by atoms with Gasteiger partial charge in [0.25, 0.3) is 0 Å². The van der Waals surface area contributed by atoms with E-state index in [9.17, 15) is 4.79 Å². The Balaban J connectivity index is 1.97. The van der Waals surface area contributed by atoms with Crippen LogP contribution in [0.15, 0.2) is 24.3 Å². The van der Waals surface area contributed by atoms with Gasteiger partial charge in [-0.25, -0.2) is 0 Å². The second kappa shape index (κ2) is 8.94. The molecule has 1 heterocycles. The van der Waals surface area contributed by atoms with Crippen LogP contribution in [0.2, 0.25) is 0 Å². The molecule has 0 spiro atoms. The Labute approximate surface area is 154 Å². The molecule has 5 nitrogen and oxygen atoms in total. The number of rotatable bonds is 8. The molecular weight excluding hydrogens is 332 g/mol. The summed E-state index contributed by atoms with van der Waals surface area (Å²) in [6.07, 6.45) is 2.51. The molecule has 1 atom stereocenters. The van der Waals surface area contributed by atoms with Gasteiger partial charge in [0, 0.05) is 24.6 Å².